The van der Waals surface area contributed by atoms with Crippen molar-refractivity contribution in [3.05, 3.63) is 45.7 Å². The smallest absolute Gasteiger partial charge is 0.322 e. The highest BCUT2D eigenvalue weighted by molar-refractivity contribution is 6.31. The van der Waals surface area contributed by atoms with E-state index in [2.05, 4.69) is 15.7 Å². The summed E-state index contributed by atoms with van der Waals surface area (Å²) in [7, 11) is 2.83. The van der Waals surface area contributed by atoms with E-state index >= 15 is 0 Å². The van der Waals surface area contributed by atoms with Crippen LogP contribution >= 0.6 is 11.6 Å². The molecule has 178 valence electrons. The summed E-state index contributed by atoms with van der Waals surface area (Å²) >= 11 is 5.57. The SMILES string of the molecule is CNC(=O)C(Cn1nc2c(c1C)CN(C(=O)Nc1ccc(F)c(Cl)c1F)CC2)ON(C)C=O. The number of rotatable bonds is 7. The number of hydrogen-bond acceptors (Lipinski definition) is 5. The van der Waals surface area contributed by atoms with Gasteiger partial charge in [-0.25, -0.2) is 18.6 Å². The highest BCUT2D eigenvalue weighted by Crippen LogP contribution is 2.27. The minimum absolute atomic E-state index is 0.0438. The number of amides is 4. The van der Waals surface area contributed by atoms with Crippen molar-refractivity contribution in [3.8, 4) is 0 Å². The first-order chi connectivity index (χ1) is 15.7. The molecular formula is C20H23ClF2N6O4. The number of likely N-dealkylation sites (N-methyl/N-ethyl adjacent to an activating group) is 1. The van der Waals surface area contributed by atoms with Crippen LogP contribution in [0.25, 0.3) is 0 Å². The van der Waals surface area contributed by atoms with Gasteiger partial charge in [0.25, 0.3) is 5.91 Å². The van der Waals surface area contributed by atoms with Crippen LogP contribution in [0.3, 0.4) is 0 Å². The maximum absolute atomic E-state index is 14.1. The van der Waals surface area contributed by atoms with E-state index in [0.717, 1.165) is 28.5 Å². The number of aromatic nitrogens is 2. The van der Waals surface area contributed by atoms with E-state index in [-0.39, 0.29) is 18.8 Å². The molecule has 2 heterocycles. The zero-order valence-electron chi connectivity index (χ0n) is 18.2. The Kier molecular flexibility index (Phi) is 7.49. The van der Waals surface area contributed by atoms with Crippen LogP contribution in [0.4, 0.5) is 19.3 Å². The number of benzene rings is 1. The first kappa shape index (κ1) is 24.4. The van der Waals surface area contributed by atoms with E-state index in [0.29, 0.717) is 25.1 Å². The molecule has 0 fully saturated rings. The van der Waals surface area contributed by atoms with E-state index in [9.17, 15) is 23.2 Å². The number of halogens is 3. The van der Waals surface area contributed by atoms with Crippen LogP contribution in [-0.2, 0) is 33.9 Å². The summed E-state index contributed by atoms with van der Waals surface area (Å²) in [6.07, 6.45) is -0.135. The summed E-state index contributed by atoms with van der Waals surface area (Å²) in [4.78, 5) is 42.5. The number of carbonyl (C=O) groups excluding carboxylic acids is 3. The van der Waals surface area contributed by atoms with Gasteiger partial charge in [-0.1, -0.05) is 11.6 Å². The fourth-order valence-electron chi connectivity index (χ4n) is 3.44. The van der Waals surface area contributed by atoms with Crippen LogP contribution in [0.15, 0.2) is 12.1 Å². The van der Waals surface area contributed by atoms with E-state index in [1.165, 1.54) is 19.0 Å². The normalized spacial score (nSPS) is 13.8. The van der Waals surface area contributed by atoms with Crippen molar-refractivity contribution in [2.24, 2.45) is 0 Å². The van der Waals surface area contributed by atoms with Crippen LogP contribution in [-0.4, -0.2) is 64.8 Å². The molecule has 1 aromatic carbocycles. The Balaban J connectivity index is 1.75. The van der Waals surface area contributed by atoms with Crippen LogP contribution in [0, 0.1) is 18.6 Å². The molecule has 0 saturated carbocycles. The molecule has 0 aliphatic carbocycles. The lowest BCUT2D eigenvalue weighted by atomic mass is 10.1. The average molecular weight is 485 g/mol. The van der Waals surface area contributed by atoms with Crippen molar-refractivity contribution in [2.45, 2.75) is 32.5 Å². The second-order valence-corrected chi connectivity index (χ2v) is 7.76. The fourth-order valence-corrected chi connectivity index (χ4v) is 3.60. The molecule has 0 saturated heterocycles. The largest absolute Gasteiger partial charge is 0.357 e. The minimum Gasteiger partial charge on any atom is -0.357 e. The summed E-state index contributed by atoms with van der Waals surface area (Å²) in [6.45, 7) is 2.34. The molecule has 1 atom stereocenters. The van der Waals surface area contributed by atoms with Crippen LogP contribution in [0.1, 0.15) is 17.0 Å². The first-order valence-corrected chi connectivity index (χ1v) is 10.3. The van der Waals surface area contributed by atoms with Crippen LogP contribution in [0.2, 0.25) is 5.02 Å². The number of nitrogens with one attached hydrogen (secondary N) is 2. The van der Waals surface area contributed by atoms with Crippen molar-refractivity contribution in [1.29, 1.82) is 0 Å². The maximum atomic E-state index is 14.1. The third-order valence-electron chi connectivity index (χ3n) is 5.26. The molecular weight excluding hydrogens is 462 g/mol. The fraction of sp³-hybridized carbons (Fsp3) is 0.400. The van der Waals surface area contributed by atoms with Crippen molar-refractivity contribution in [3.63, 3.8) is 0 Å². The Bertz CT molecular complexity index is 1080. The van der Waals surface area contributed by atoms with Gasteiger partial charge in [-0.05, 0) is 19.1 Å². The lowest BCUT2D eigenvalue weighted by Gasteiger charge is -2.27. The molecule has 2 N–H and O–H groups in total. The molecule has 1 aromatic heterocycles. The second kappa shape index (κ2) is 10.1. The number of hydroxylamine groups is 2. The summed E-state index contributed by atoms with van der Waals surface area (Å²) in [5.74, 6) is -2.40. The standard InChI is InChI=1S/C20H23ClF2N6O4/c1-11-12-8-28(20(32)25-15-5-4-13(22)17(21)18(15)23)7-6-14(12)26-29(11)9-16(19(31)24-2)33-27(3)10-30/h4-5,10,16H,6-9H2,1-3H3,(H,24,31)(H,25,32). The number of carbonyl (C=O) groups is 3. The summed E-state index contributed by atoms with van der Waals surface area (Å²) < 4.78 is 29.1. The maximum Gasteiger partial charge on any atom is 0.322 e. The lowest BCUT2D eigenvalue weighted by molar-refractivity contribution is -0.190. The molecule has 13 heteroatoms. The number of hydrogen-bond donors (Lipinski definition) is 2. The third-order valence-corrected chi connectivity index (χ3v) is 5.61. The van der Waals surface area contributed by atoms with E-state index in [4.69, 9.17) is 16.4 Å². The third kappa shape index (κ3) is 5.22. The monoisotopic (exact) mass is 484 g/mol. The molecule has 1 aliphatic heterocycles. The molecule has 10 nitrogen and oxygen atoms in total. The van der Waals surface area contributed by atoms with Gasteiger partial charge >= 0.3 is 6.03 Å². The average Bonchev–Trinajstić information content (AvgIpc) is 3.12. The Hall–Kier alpha value is -3.25. The highest BCUT2D eigenvalue weighted by Gasteiger charge is 2.29. The van der Waals surface area contributed by atoms with Gasteiger partial charge in [0.1, 0.15) is 10.8 Å². The summed E-state index contributed by atoms with van der Waals surface area (Å²) in [5, 5.41) is 9.62. The van der Waals surface area contributed by atoms with E-state index in [1.54, 1.807) is 11.6 Å². The lowest BCUT2D eigenvalue weighted by Crippen LogP contribution is -2.41. The van der Waals surface area contributed by atoms with Crippen molar-refractivity contribution in [1.82, 2.24) is 25.1 Å². The molecule has 0 spiro atoms. The predicted molar refractivity (Wildman–Crippen MR) is 114 cm³/mol. The van der Waals surface area contributed by atoms with Gasteiger partial charge in [-0.3, -0.25) is 19.1 Å². The first-order valence-electron chi connectivity index (χ1n) is 9.97. The molecule has 0 radical (unpaired) electrons. The van der Waals surface area contributed by atoms with Crippen molar-refractivity contribution >= 4 is 35.6 Å². The Morgan fingerprint density at radius 3 is 2.79 bits per heavy atom. The van der Waals surface area contributed by atoms with E-state index in [1.807, 2.05) is 0 Å². The van der Waals surface area contributed by atoms with Gasteiger partial charge in [0.05, 0.1) is 24.5 Å². The zero-order valence-corrected chi connectivity index (χ0v) is 18.9. The van der Waals surface area contributed by atoms with Gasteiger partial charge in [0.2, 0.25) is 6.41 Å². The van der Waals surface area contributed by atoms with Crippen molar-refractivity contribution < 1.29 is 28.0 Å². The number of urea groups is 1. The van der Waals surface area contributed by atoms with Crippen LogP contribution in [0.5, 0.6) is 0 Å². The molecule has 1 aliphatic rings. The topological polar surface area (TPSA) is 109 Å². The van der Waals surface area contributed by atoms with Gasteiger partial charge in [-0.2, -0.15) is 5.10 Å². The molecule has 3 rings (SSSR count). The molecule has 2 aromatic rings. The predicted octanol–water partition coefficient (Wildman–Crippen LogP) is 1.85. The Morgan fingerprint density at radius 1 is 1.39 bits per heavy atom. The number of fused-ring (bicyclic) bond motifs is 1. The van der Waals surface area contributed by atoms with Gasteiger partial charge in [0.15, 0.2) is 11.9 Å². The Labute approximate surface area is 193 Å². The van der Waals surface area contributed by atoms with Gasteiger partial charge in [-0.15, -0.1) is 0 Å². The number of anilines is 1. The van der Waals surface area contributed by atoms with Crippen LogP contribution < -0.4 is 10.6 Å². The molecule has 1 unspecified atom stereocenters. The molecule has 4 amide bonds. The second-order valence-electron chi connectivity index (χ2n) is 7.38. The minimum atomic E-state index is -1.05. The van der Waals surface area contributed by atoms with Gasteiger partial charge < -0.3 is 15.5 Å². The highest BCUT2D eigenvalue weighted by atomic mass is 35.5. The van der Waals surface area contributed by atoms with E-state index < -0.39 is 34.7 Å². The van der Waals surface area contributed by atoms with Gasteiger partial charge in [0, 0.05) is 38.3 Å². The number of nitrogens with zero attached hydrogens (tertiary/aromatic N) is 4. The molecule has 33 heavy (non-hydrogen) atoms. The Morgan fingerprint density at radius 2 is 2.12 bits per heavy atom. The quantitative estimate of drug-likeness (QED) is 0.354. The molecule has 0 bridgehead atoms. The zero-order chi connectivity index (χ0) is 24.3. The summed E-state index contributed by atoms with van der Waals surface area (Å²) in [5.41, 5.74) is 2.03. The summed E-state index contributed by atoms with van der Waals surface area (Å²) in [6, 6.07) is 1.49. The van der Waals surface area contributed by atoms with Crippen molar-refractivity contribution in [2.75, 3.05) is 26.0 Å².